The summed E-state index contributed by atoms with van der Waals surface area (Å²) in [6.45, 7) is 2.64. The van der Waals surface area contributed by atoms with E-state index < -0.39 is 0 Å². The van der Waals surface area contributed by atoms with Gasteiger partial charge in [0.25, 0.3) is 0 Å². The summed E-state index contributed by atoms with van der Waals surface area (Å²) in [5, 5.41) is 10.5. The highest BCUT2D eigenvalue weighted by molar-refractivity contribution is 9.10. The van der Waals surface area contributed by atoms with E-state index >= 15 is 0 Å². The van der Waals surface area contributed by atoms with Crippen LogP contribution in [0, 0.1) is 5.92 Å². The summed E-state index contributed by atoms with van der Waals surface area (Å²) >= 11 is 3.56. The van der Waals surface area contributed by atoms with E-state index in [-0.39, 0.29) is 6.10 Å². The first-order valence-corrected chi connectivity index (χ1v) is 8.60. The topological polar surface area (TPSA) is 29.5 Å². The van der Waals surface area contributed by atoms with Gasteiger partial charge >= 0.3 is 0 Å². The Morgan fingerprint density at radius 1 is 1.25 bits per heavy atom. The van der Waals surface area contributed by atoms with E-state index in [1.165, 1.54) is 38.5 Å². The maximum absolute atomic E-state index is 10.5. The molecule has 1 aromatic rings. The van der Waals surface area contributed by atoms with Crippen LogP contribution in [0.15, 0.2) is 22.7 Å². The van der Waals surface area contributed by atoms with Crippen molar-refractivity contribution in [2.24, 2.45) is 5.92 Å². The molecular formula is C17H25BrO2. The average molecular weight is 341 g/mol. The van der Waals surface area contributed by atoms with Crippen molar-refractivity contribution in [3.63, 3.8) is 0 Å². The Hall–Kier alpha value is -0.540. The summed E-state index contributed by atoms with van der Waals surface area (Å²) in [5.41, 5.74) is 0.984. The fourth-order valence-corrected chi connectivity index (χ4v) is 3.70. The second-order valence-corrected chi connectivity index (χ2v) is 6.58. The monoisotopic (exact) mass is 340 g/mol. The molecule has 0 heterocycles. The molecule has 1 saturated carbocycles. The molecule has 2 nitrogen and oxygen atoms in total. The molecule has 1 aliphatic rings. The number of ether oxygens (including phenoxy) is 1. The minimum absolute atomic E-state index is 0.372. The van der Waals surface area contributed by atoms with Gasteiger partial charge in [0.2, 0.25) is 0 Å². The van der Waals surface area contributed by atoms with Gasteiger partial charge < -0.3 is 9.84 Å². The smallest absolute Gasteiger partial charge is 0.120 e. The van der Waals surface area contributed by atoms with Gasteiger partial charge in [-0.05, 0) is 37.0 Å². The Kier molecular flexibility index (Phi) is 6.37. The molecule has 3 heteroatoms. The molecule has 20 heavy (non-hydrogen) atoms. The van der Waals surface area contributed by atoms with Crippen LogP contribution < -0.4 is 4.74 Å². The Morgan fingerprint density at radius 2 is 1.95 bits per heavy atom. The molecule has 0 aromatic heterocycles. The van der Waals surface area contributed by atoms with Crippen molar-refractivity contribution in [2.45, 2.75) is 58.0 Å². The zero-order valence-corrected chi connectivity index (χ0v) is 13.9. The number of aliphatic hydroxyl groups is 1. The molecule has 0 amide bonds. The third-order valence-electron chi connectivity index (χ3n) is 4.17. The van der Waals surface area contributed by atoms with Gasteiger partial charge in [-0.2, -0.15) is 0 Å². The van der Waals surface area contributed by atoms with Crippen molar-refractivity contribution >= 4 is 15.9 Å². The number of hydrogen-bond acceptors (Lipinski definition) is 2. The highest BCUT2D eigenvalue weighted by atomic mass is 79.9. The van der Waals surface area contributed by atoms with Crippen molar-refractivity contribution in [1.82, 2.24) is 0 Å². The van der Waals surface area contributed by atoms with Crippen molar-refractivity contribution < 1.29 is 9.84 Å². The second-order valence-electron chi connectivity index (χ2n) is 5.73. The van der Waals surface area contributed by atoms with Gasteiger partial charge in [-0.25, -0.2) is 0 Å². The predicted octanol–water partition coefficient (Wildman–Crippen LogP) is 5.24. The summed E-state index contributed by atoms with van der Waals surface area (Å²) in [4.78, 5) is 0. The van der Waals surface area contributed by atoms with Crippen molar-refractivity contribution in [2.75, 3.05) is 6.61 Å². The van der Waals surface area contributed by atoms with E-state index in [0.717, 1.165) is 22.2 Å². The lowest BCUT2D eigenvalue weighted by molar-refractivity contribution is 0.138. The Bertz CT molecular complexity index is 411. The van der Waals surface area contributed by atoms with Crippen LogP contribution in [0.5, 0.6) is 5.75 Å². The van der Waals surface area contributed by atoms with Crippen LogP contribution in [-0.2, 0) is 0 Å². The Balaban J connectivity index is 1.98. The Labute approximate surface area is 130 Å². The van der Waals surface area contributed by atoms with E-state index in [2.05, 4.69) is 15.9 Å². The zero-order valence-electron chi connectivity index (χ0n) is 12.3. The fourth-order valence-electron chi connectivity index (χ4n) is 3.08. The molecule has 1 unspecified atom stereocenters. The largest absolute Gasteiger partial charge is 0.494 e. The molecule has 1 fully saturated rings. The molecule has 1 N–H and O–H groups in total. The zero-order chi connectivity index (χ0) is 14.4. The molecule has 1 aromatic carbocycles. The van der Waals surface area contributed by atoms with Crippen LogP contribution in [0.1, 0.15) is 63.5 Å². The van der Waals surface area contributed by atoms with Gasteiger partial charge in [-0.15, -0.1) is 0 Å². The number of aliphatic hydroxyl groups excluding tert-OH is 1. The van der Waals surface area contributed by atoms with Crippen LogP contribution in [0.25, 0.3) is 0 Å². The standard InChI is InChI=1S/C17H25BrO2/c1-2-20-14-9-10-15(16(18)12-14)17(19)11-13-7-5-3-4-6-8-13/h9-10,12-13,17,19H,2-8,11H2,1H3. The van der Waals surface area contributed by atoms with Crippen LogP contribution >= 0.6 is 15.9 Å². The molecule has 1 aliphatic carbocycles. The number of hydrogen-bond donors (Lipinski definition) is 1. The summed E-state index contributed by atoms with van der Waals surface area (Å²) < 4.78 is 6.42. The Morgan fingerprint density at radius 3 is 2.55 bits per heavy atom. The number of halogens is 1. The molecule has 0 bridgehead atoms. The first kappa shape index (κ1) is 15.8. The van der Waals surface area contributed by atoms with Crippen molar-refractivity contribution in [1.29, 1.82) is 0 Å². The van der Waals surface area contributed by atoms with Crippen LogP contribution in [0.2, 0.25) is 0 Å². The molecule has 2 rings (SSSR count). The molecule has 0 radical (unpaired) electrons. The van der Waals surface area contributed by atoms with E-state index in [1.54, 1.807) is 0 Å². The van der Waals surface area contributed by atoms with Gasteiger partial charge in [0.1, 0.15) is 5.75 Å². The maximum atomic E-state index is 10.5. The van der Waals surface area contributed by atoms with Gasteiger partial charge in [0, 0.05) is 4.47 Å². The van der Waals surface area contributed by atoms with E-state index in [4.69, 9.17) is 4.74 Å². The van der Waals surface area contributed by atoms with Crippen LogP contribution in [0.4, 0.5) is 0 Å². The second kappa shape index (κ2) is 8.04. The number of benzene rings is 1. The maximum Gasteiger partial charge on any atom is 0.120 e. The van der Waals surface area contributed by atoms with Gasteiger partial charge in [0.15, 0.2) is 0 Å². The lowest BCUT2D eigenvalue weighted by atomic mass is 9.91. The van der Waals surface area contributed by atoms with Crippen molar-refractivity contribution in [3.8, 4) is 5.75 Å². The fraction of sp³-hybridized carbons (Fsp3) is 0.647. The van der Waals surface area contributed by atoms with E-state index in [1.807, 2.05) is 25.1 Å². The third-order valence-corrected chi connectivity index (χ3v) is 4.86. The van der Waals surface area contributed by atoms with Gasteiger partial charge in [-0.3, -0.25) is 0 Å². The first-order valence-electron chi connectivity index (χ1n) is 7.81. The molecule has 1 atom stereocenters. The SMILES string of the molecule is CCOc1ccc(C(O)CC2CCCCCC2)c(Br)c1. The van der Waals surface area contributed by atoms with E-state index in [0.29, 0.717) is 12.5 Å². The lowest BCUT2D eigenvalue weighted by Gasteiger charge is -2.20. The minimum atomic E-state index is -0.372. The molecular weight excluding hydrogens is 316 g/mol. The first-order chi connectivity index (χ1) is 9.70. The average Bonchev–Trinajstić information content (AvgIpc) is 2.67. The minimum Gasteiger partial charge on any atom is -0.494 e. The summed E-state index contributed by atoms with van der Waals surface area (Å²) in [5.74, 6) is 1.52. The molecule has 112 valence electrons. The van der Waals surface area contributed by atoms with Gasteiger partial charge in [-0.1, -0.05) is 60.5 Å². The third kappa shape index (κ3) is 4.49. The quantitative estimate of drug-likeness (QED) is 0.742. The van der Waals surface area contributed by atoms with Crippen LogP contribution in [0.3, 0.4) is 0 Å². The predicted molar refractivity (Wildman–Crippen MR) is 86.1 cm³/mol. The summed E-state index contributed by atoms with van der Waals surface area (Å²) in [6.07, 6.45) is 8.41. The summed E-state index contributed by atoms with van der Waals surface area (Å²) in [6, 6.07) is 5.88. The summed E-state index contributed by atoms with van der Waals surface area (Å²) in [7, 11) is 0. The molecule has 0 aliphatic heterocycles. The molecule has 0 spiro atoms. The highest BCUT2D eigenvalue weighted by Crippen LogP contribution is 2.34. The highest BCUT2D eigenvalue weighted by Gasteiger charge is 2.19. The molecule has 0 saturated heterocycles. The van der Waals surface area contributed by atoms with Crippen molar-refractivity contribution in [3.05, 3.63) is 28.2 Å². The number of rotatable bonds is 5. The lowest BCUT2D eigenvalue weighted by Crippen LogP contribution is -2.07. The van der Waals surface area contributed by atoms with E-state index in [9.17, 15) is 5.11 Å². The van der Waals surface area contributed by atoms with Gasteiger partial charge in [0.05, 0.1) is 12.7 Å². The van der Waals surface area contributed by atoms with Crippen LogP contribution in [-0.4, -0.2) is 11.7 Å². The normalized spacial score (nSPS) is 18.6.